The van der Waals surface area contributed by atoms with Gasteiger partial charge in [-0.05, 0) is 116 Å². The molecular weight excluding hydrogens is 717 g/mol. The molecule has 0 bridgehead atoms. The summed E-state index contributed by atoms with van der Waals surface area (Å²) in [5, 5.41) is 7.54. The molecule has 1 unspecified atom stereocenters. The molecule has 14 rings (SSSR count). The summed E-state index contributed by atoms with van der Waals surface area (Å²) in [6.07, 6.45) is 9.86. The monoisotopic (exact) mass is 750 g/mol. The first-order chi connectivity index (χ1) is 29.2. The minimum atomic E-state index is -0.494. The SMILES string of the molecule is O=c1c2ccccc2c2cc(-c3ccc4c(c3)c3ccccc3n4C3C=CC=CC3)cc3c4cc5c(cc4n1c23)C1(c2ccccc2-c2ccccc21)c1ccccc1-5. The van der Waals surface area contributed by atoms with Crippen LogP contribution in [0.5, 0.6) is 0 Å². The molecule has 0 saturated heterocycles. The highest BCUT2D eigenvalue weighted by Gasteiger charge is 2.51. The predicted octanol–water partition coefficient (Wildman–Crippen LogP) is 13.4. The normalized spacial score (nSPS) is 16.0. The minimum Gasteiger partial charge on any atom is -0.333 e. The molecule has 0 fully saturated rings. The van der Waals surface area contributed by atoms with Gasteiger partial charge in [0.1, 0.15) is 0 Å². The molecule has 11 aromatic rings. The van der Waals surface area contributed by atoms with Crippen molar-refractivity contribution in [3.8, 4) is 33.4 Å². The van der Waals surface area contributed by atoms with Crippen LogP contribution in [0.25, 0.3) is 93.2 Å². The van der Waals surface area contributed by atoms with Gasteiger partial charge in [0, 0.05) is 43.4 Å². The first kappa shape index (κ1) is 31.6. The Bertz CT molecular complexity index is 3750. The van der Waals surface area contributed by atoms with Crippen LogP contribution < -0.4 is 5.56 Å². The lowest BCUT2D eigenvalue weighted by Crippen LogP contribution is -2.26. The highest BCUT2D eigenvalue weighted by Crippen LogP contribution is 2.63. The van der Waals surface area contributed by atoms with E-state index in [0.717, 1.165) is 55.5 Å². The number of hydrogen-bond acceptors (Lipinski definition) is 1. The van der Waals surface area contributed by atoms with Crippen molar-refractivity contribution in [1.82, 2.24) is 8.97 Å². The van der Waals surface area contributed by atoms with Gasteiger partial charge in [-0.2, -0.15) is 0 Å². The fourth-order valence-electron chi connectivity index (χ4n) is 11.6. The molecule has 3 heterocycles. The van der Waals surface area contributed by atoms with E-state index >= 15 is 0 Å². The van der Waals surface area contributed by atoms with Crippen LogP contribution in [-0.2, 0) is 5.41 Å². The smallest absolute Gasteiger partial charge is 0.263 e. The first-order valence-corrected chi connectivity index (χ1v) is 20.7. The van der Waals surface area contributed by atoms with Gasteiger partial charge in [0.15, 0.2) is 0 Å². The molecule has 0 amide bonds. The average molecular weight is 751 g/mol. The van der Waals surface area contributed by atoms with E-state index in [0.29, 0.717) is 0 Å². The van der Waals surface area contributed by atoms with E-state index in [2.05, 4.69) is 181 Å². The lowest BCUT2D eigenvalue weighted by atomic mass is 9.70. The van der Waals surface area contributed by atoms with Crippen LogP contribution in [0.1, 0.15) is 34.7 Å². The summed E-state index contributed by atoms with van der Waals surface area (Å²) in [7, 11) is 0. The highest BCUT2D eigenvalue weighted by atomic mass is 16.1. The summed E-state index contributed by atoms with van der Waals surface area (Å²) in [5.41, 5.74) is 16.5. The van der Waals surface area contributed by atoms with Gasteiger partial charge >= 0.3 is 0 Å². The summed E-state index contributed by atoms with van der Waals surface area (Å²) in [5.74, 6) is 0. The van der Waals surface area contributed by atoms with Gasteiger partial charge < -0.3 is 4.57 Å². The molecule has 0 saturated carbocycles. The number of para-hydroxylation sites is 1. The molecule has 3 nitrogen and oxygen atoms in total. The van der Waals surface area contributed by atoms with Gasteiger partial charge in [0.2, 0.25) is 0 Å². The molecule has 3 heteroatoms. The Kier molecular flexibility index (Phi) is 5.95. The second kappa shape index (κ2) is 11.1. The second-order valence-electron chi connectivity index (χ2n) is 16.6. The molecule has 1 spiro atoms. The number of pyridine rings is 1. The standard InChI is InChI=1S/C56H34N2O/c59-55-41-21-5-4-16-36(41)45-29-34(33-26-27-52-43(28-33)40-20-9-13-25-51(40)57(52)35-14-2-1-3-15-35)30-46-44-31-42-39-19-8-12-24-49(39)56(50(42)32-53(44)58(55)54(45)46)47-22-10-6-17-37(47)38-18-7-11-23-48(38)56/h1-14,16-32,35H,15H2. The zero-order valence-corrected chi connectivity index (χ0v) is 32.0. The summed E-state index contributed by atoms with van der Waals surface area (Å²) < 4.78 is 4.53. The topological polar surface area (TPSA) is 26.4 Å². The van der Waals surface area contributed by atoms with E-state index in [1.807, 2.05) is 16.5 Å². The summed E-state index contributed by atoms with van der Waals surface area (Å²) in [4.78, 5) is 14.9. The van der Waals surface area contributed by atoms with E-state index in [1.165, 1.54) is 66.3 Å². The Labute approximate surface area is 339 Å². The third kappa shape index (κ3) is 3.82. The fraction of sp³-hybridized carbons (Fsp3) is 0.0536. The lowest BCUT2D eigenvalue weighted by molar-refractivity contribution is 0.648. The van der Waals surface area contributed by atoms with Gasteiger partial charge in [-0.3, -0.25) is 9.20 Å². The summed E-state index contributed by atoms with van der Waals surface area (Å²) in [6.45, 7) is 0. The Balaban J connectivity index is 1.09. The van der Waals surface area contributed by atoms with Crippen molar-refractivity contribution in [3.05, 3.63) is 221 Å². The Morgan fingerprint density at radius 3 is 1.73 bits per heavy atom. The maximum atomic E-state index is 14.9. The average Bonchev–Trinajstić information content (AvgIpc) is 4.00. The predicted molar refractivity (Wildman–Crippen MR) is 244 cm³/mol. The molecule has 8 aromatic carbocycles. The molecule has 1 atom stereocenters. The van der Waals surface area contributed by atoms with E-state index in [1.54, 1.807) is 0 Å². The zero-order valence-electron chi connectivity index (χ0n) is 32.0. The Morgan fingerprint density at radius 1 is 0.441 bits per heavy atom. The number of rotatable bonds is 2. The molecule has 3 aliphatic carbocycles. The van der Waals surface area contributed by atoms with Crippen molar-refractivity contribution in [1.29, 1.82) is 0 Å². The van der Waals surface area contributed by atoms with Crippen molar-refractivity contribution in [2.45, 2.75) is 17.9 Å². The molecule has 59 heavy (non-hydrogen) atoms. The van der Waals surface area contributed by atoms with Gasteiger partial charge in [-0.1, -0.05) is 140 Å². The van der Waals surface area contributed by atoms with E-state index in [9.17, 15) is 4.79 Å². The lowest BCUT2D eigenvalue weighted by Gasteiger charge is -2.30. The van der Waals surface area contributed by atoms with E-state index in [4.69, 9.17) is 0 Å². The van der Waals surface area contributed by atoms with Crippen LogP contribution in [0.3, 0.4) is 0 Å². The summed E-state index contributed by atoms with van der Waals surface area (Å²) >= 11 is 0. The largest absolute Gasteiger partial charge is 0.333 e. The molecule has 0 N–H and O–H groups in total. The maximum absolute atomic E-state index is 14.9. The molecule has 274 valence electrons. The Morgan fingerprint density at radius 2 is 1.02 bits per heavy atom. The quantitative estimate of drug-likeness (QED) is 0.162. The van der Waals surface area contributed by atoms with Crippen LogP contribution >= 0.6 is 0 Å². The second-order valence-corrected chi connectivity index (χ2v) is 16.6. The zero-order chi connectivity index (χ0) is 38.6. The van der Waals surface area contributed by atoms with Crippen LogP contribution in [0.2, 0.25) is 0 Å². The first-order valence-electron chi connectivity index (χ1n) is 20.7. The minimum absolute atomic E-state index is 0.0263. The number of allylic oxidation sites excluding steroid dienone is 4. The molecule has 0 radical (unpaired) electrons. The number of nitrogens with zero attached hydrogens (tertiary/aromatic N) is 2. The van der Waals surface area contributed by atoms with E-state index in [-0.39, 0.29) is 11.6 Å². The number of benzene rings is 8. The number of aromatic nitrogens is 2. The van der Waals surface area contributed by atoms with Crippen LogP contribution in [0.4, 0.5) is 0 Å². The van der Waals surface area contributed by atoms with E-state index < -0.39 is 5.41 Å². The third-order valence-electron chi connectivity index (χ3n) is 14.0. The van der Waals surface area contributed by atoms with Crippen LogP contribution in [-0.4, -0.2) is 8.97 Å². The van der Waals surface area contributed by atoms with Crippen molar-refractivity contribution >= 4 is 59.8 Å². The Hall–Kier alpha value is -7.49. The van der Waals surface area contributed by atoms with Crippen molar-refractivity contribution in [2.24, 2.45) is 0 Å². The summed E-state index contributed by atoms with van der Waals surface area (Å²) in [6, 6.07) is 60.5. The van der Waals surface area contributed by atoms with Gasteiger partial charge in [-0.15, -0.1) is 0 Å². The maximum Gasteiger partial charge on any atom is 0.263 e. The van der Waals surface area contributed by atoms with Gasteiger partial charge in [0.25, 0.3) is 5.56 Å². The fourth-order valence-corrected chi connectivity index (χ4v) is 11.6. The van der Waals surface area contributed by atoms with Gasteiger partial charge in [-0.25, -0.2) is 0 Å². The van der Waals surface area contributed by atoms with Crippen LogP contribution in [0, 0.1) is 0 Å². The number of fused-ring (bicyclic) bond motifs is 18. The van der Waals surface area contributed by atoms with Crippen LogP contribution in [0.15, 0.2) is 193 Å². The molecule has 3 aromatic heterocycles. The molecular formula is C56H34N2O. The van der Waals surface area contributed by atoms with Crippen molar-refractivity contribution < 1.29 is 0 Å². The van der Waals surface area contributed by atoms with Crippen molar-refractivity contribution in [3.63, 3.8) is 0 Å². The highest BCUT2D eigenvalue weighted by molar-refractivity contribution is 6.23. The molecule has 3 aliphatic rings. The third-order valence-corrected chi connectivity index (χ3v) is 14.0. The van der Waals surface area contributed by atoms with Gasteiger partial charge in [0.05, 0.1) is 22.5 Å². The van der Waals surface area contributed by atoms with Crippen molar-refractivity contribution in [2.75, 3.05) is 0 Å². The number of hydrogen-bond donors (Lipinski definition) is 0. The molecule has 0 aliphatic heterocycles.